The number of esters is 1. The van der Waals surface area contributed by atoms with Crippen molar-refractivity contribution in [2.75, 3.05) is 44.4 Å². The Kier molecular flexibility index (Phi) is 7.69. The van der Waals surface area contributed by atoms with E-state index >= 15 is 0 Å². The number of benzene rings is 1. The molecule has 8 nitrogen and oxygen atoms in total. The number of nitrogens with zero attached hydrogens (tertiary/aromatic N) is 3. The lowest BCUT2D eigenvalue weighted by Crippen LogP contribution is -2.17. The summed E-state index contributed by atoms with van der Waals surface area (Å²) < 4.78 is 4.92. The van der Waals surface area contributed by atoms with Crippen molar-refractivity contribution in [3.63, 3.8) is 0 Å². The van der Waals surface area contributed by atoms with Gasteiger partial charge in [0.05, 0.1) is 24.6 Å². The largest absolute Gasteiger partial charge is 0.462 e. The maximum absolute atomic E-state index is 12.3. The molecule has 144 valence electrons. The van der Waals surface area contributed by atoms with Crippen LogP contribution in [0.2, 0.25) is 0 Å². The summed E-state index contributed by atoms with van der Waals surface area (Å²) in [6.45, 7) is 3.83. The topological polar surface area (TPSA) is 96.4 Å². The molecule has 0 saturated heterocycles. The maximum Gasteiger partial charge on any atom is 0.338 e. The van der Waals surface area contributed by atoms with Crippen LogP contribution in [0.3, 0.4) is 0 Å². The van der Waals surface area contributed by atoms with Crippen molar-refractivity contribution in [2.45, 2.75) is 13.3 Å². The lowest BCUT2D eigenvalue weighted by molar-refractivity contribution is 0.0526. The highest BCUT2D eigenvalue weighted by atomic mass is 16.5. The van der Waals surface area contributed by atoms with Gasteiger partial charge in [0.25, 0.3) is 5.91 Å². The molecule has 0 aliphatic rings. The molecular formula is C19H25N5O3. The number of rotatable bonds is 9. The van der Waals surface area contributed by atoms with Crippen molar-refractivity contribution in [2.24, 2.45) is 0 Å². The van der Waals surface area contributed by atoms with Crippen LogP contribution in [0.4, 0.5) is 11.5 Å². The fourth-order valence-corrected chi connectivity index (χ4v) is 2.25. The Hall–Kier alpha value is -3.00. The molecule has 0 radical (unpaired) electrons. The monoisotopic (exact) mass is 371 g/mol. The zero-order valence-corrected chi connectivity index (χ0v) is 15.9. The molecule has 0 aliphatic carbocycles. The number of aromatic nitrogens is 2. The Balaban J connectivity index is 1.87. The highest BCUT2D eigenvalue weighted by Crippen LogP contribution is 2.12. The standard InChI is InChI=1S/C19H25N5O3/c1-4-27-19(26)14-6-8-15(9-7-14)23-18(25)16-12-22-17(13-21-16)20-10-5-11-24(2)3/h6-9,12-13H,4-5,10-11H2,1-3H3,(H,20,22)(H,23,25). The van der Waals surface area contributed by atoms with Gasteiger partial charge in [-0.15, -0.1) is 0 Å². The fourth-order valence-electron chi connectivity index (χ4n) is 2.25. The first-order chi connectivity index (χ1) is 13.0. The second kappa shape index (κ2) is 10.2. The number of carbonyl (C=O) groups is 2. The molecule has 2 rings (SSSR count). The normalized spacial score (nSPS) is 10.5. The first-order valence-corrected chi connectivity index (χ1v) is 8.78. The van der Waals surface area contributed by atoms with Crippen LogP contribution in [-0.2, 0) is 4.74 Å². The molecule has 1 aromatic carbocycles. The molecule has 0 aliphatic heterocycles. The summed E-state index contributed by atoms with van der Waals surface area (Å²) in [7, 11) is 4.05. The Morgan fingerprint density at radius 2 is 1.85 bits per heavy atom. The summed E-state index contributed by atoms with van der Waals surface area (Å²) in [6.07, 6.45) is 3.95. The van der Waals surface area contributed by atoms with Crippen LogP contribution in [0.25, 0.3) is 0 Å². The van der Waals surface area contributed by atoms with Crippen LogP contribution in [-0.4, -0.2) is 60.5 Å². The van der Waals surface area contributed by atoms with Gasteiger partial charge >= 0.3 is 5.97 Å². The smallest absolute Gasteiger partial charge is 0.338 e. The fraction of sp³-hybridized carbons (Fsp3) is 0.368. The Morgan fingerprint density at radius 3 is 2.44 bits per heavy atom. The van der Waals surface area contributed by atoms with Crippen LogP contribution in [0.15, 0.2) is 36.7 Å². The van der Waals surface area contributed by atoms with Crippen LogP contribution in [0.5, 0.6) is 0 Å². The molecular weight excluding hydrogens is 346 g/mol. The van der Waals surface area contributed by atoms with Gasteiger partial charge in [0, 0.05) is 12.2 Å². The number of carbonyl (C=O) groups excluding carboxylic acids is 2. The lowest BCUT2D eigenvalue weighted by atomic mass is 10.2. The van der Waals surface area contributed by atoms with Crippen molar-refractivity contribution < 1.29 is 14.3 Å². The van der Waals surface area contributed by atoms with Crippen molar-refractivity contribution >= 4 is 23.4 Å². The van der Waals surface area contributed by atoms with E-state index in [-0.39, 0.29) is 11.6 Å². The number of ether oxygens (including phenoxy) is 1. The second-order valence-electron chi connectivity index (χ2n) is 6.12. The molecule has 2 N–H and O–H groups in total. The molecule has 1 heterocycles. The highest BCUT2D eigenvalue weighted by molar-refractivity contribution is 6.03. The summed E-state index contributed by atoms with van der Waals surface area (Å²) in [5.41, 5.74) is 1.20. The zero-order chi connectivity index (χ0) is 19.6. The summed E-state index contributed by atoms with van der Waals surface area (Å²) >= 11 is 0. The van der Waals surface area contributed by atoms with Gasteiger partial charge in [-0.25, -0.2) is 14.8 Å². The molecule has 0 saturated carbocycles. The van der Waals surface area contributed by atoms with E-state index in [2.05, 4.69) is 25.5 Å². The predicted octanol–water partition coefficient (Wildman–Crippen LogP) is 2.27. The average molecular weight is 371 g/mol. The van der Waals surface area contributed by atoms with E-state index in [0.717, 1.165) is 19.5 Å². The third-order valence-corrected chi connectivity index (χ3v) is 3.63. The number of amides is 1. The number of nitrogens with one attached hydrogen (secondary N) is 2. The predicted molar refractivity (Wildman–Crippen MR) is 104 cm³/mol. The van der Waals surface area contributed by atoms with E-state index < -0.39 is 5.97 Å². The molecule has 0 spiro atoms. The number of anilines is 2. The van der Waals surface area contributed by atoms with Crippen molar-refractivity contribution in [1.82, 2.24) is 14.9 Å². The molecule has 8 heteroatoms. The lowest BCUT2D eigenvalue weighted by Gasteiger charge is -2.10. The van der Waals surface area contributed by atoms with E-state index in [1.165, 1.54) is 12.4 Å². The zero-order valence-electron chi connectivity index (χ0n) is 15.9. The second-order valence-corrected chi connectivity index (χ2v) is 6.12. The molecule has 0 fully saturated rings. The summed E-state index contributed by atoms with van der Waals surface area (Å²) in [5.74, 6) is -0.135. The summed E-state index contributed by atoms with van der Waals surface area (Å²) in [5, 5.41) is 5.89. The van der Waals surface area contributed by atoms with Crippen molar-refractivity contribution in [3.05, 3.63) is 47.9 Å². The van der Waals surface area contributed by atoms with Gasteiger partial charge in [-0.2, -0.15) is 0 Å². The van der Waals surface area contributed by atoms with Crippen LogP contribution >= 0.6 is 0 Å². The van der Waals surface area contributed by atoms with E-state index in [0.29, 0.717) is 23.7 Å². The van der Waals surface area contributed by atoms with Gasteiger partial charge in [-0.1, -0.05) is 0 Å². The number of hydrogen-bond acceptors (Lipinski definition) is 7. The van der Waals surface area contributed by atoms with Crippen LogP contribution in [0.1, 0.15) is 34.2 Å². The summed E-state index contributed by atoms with van der Waals surface area (Å²) in [4.78, 5) is 34.3. The van der Waals surface area contributed by atoms with Crippen molar-refractivity contribution in [3.8, 4) is 0 Å². The molecule has 1 amide bonds. The van der Waals surface area contributed by atoms with Crippen LogP contribution in [0, 0.1) is 0 Å². The van der Waals surface area contributed by atoms with Gasteiger partial charge in [0.1, 0.15) is 11.5 Å². The Bertz CT molecular complexity index is 745. The van der Waals surface area contributed by atoms with E-state index in [9.17, 15) is 9.59 Å². The Morgan fingerprint density at radius 1 is 1.11 bits per heavy atom. The van der Waals surface area contributed by atoms with Gasteiger partial charge in [-0.05, 0) is 58.3 Å². The highest BCUT2D eigenvalue weighted by Gasteiger charge is 2.10. The van der Waals surface area contributed by atoms with Crippen LogP contribution < -0.4 is 10.6 Å². The third kappa shape index (κ3) is 6.67. The first-order valence-electron chi connectivity index (χ1n) is 8.78. The molecule has 2 aromatic rings. The number of hydrogen-bond donors (Lipinski definition) is 2. The van der Waals surface area contributed by atoms with Gasteiger partial charge < -0.3 is 20.3 Å². The molecule has 0 bridgehead atoms. The van der Waals surface area contributed by atoms with Gasteiger partial charge in [0.2, 0.25) is 0 Å². The minimum Gasteiger partial charge on any atom is -0.462 e. The van der Waals surface area contributed by atoms with E-state index in [4.69, 9.17) is 4.74 Å². The molecule has 1 aromatic heterocycles. The SMILES string of the molecule is CCOC(=O)c1ccc(NC(=O)c2cnc(NCCCN(C)C)cn2)cc1. The third-order valence-electron chi connectivity index (χ3n) is 3.63. The quantitative estimate of drug-likeness (QED) is 0.515. The minimum atomic E-state index is -0.394. The molecule has 0 unspecified atom stereocenters. The summed E-state index contributed by atoms with van der Waals surface area (Å²) in [6, 6.07) is 6.47. The van der Waals surface area contributed by atoms with Gasteiger partial charge in [0.15, 0.2) is 0 Å². The van der Waals surface area contributed by atoms with Crippen molar-refractivity contribution in [1.29, 1.82) is 0 Å². The van der Waals surface area contributed by atoms with Gasteiger partial charge in [-0.3, -0.25) is 4.79 Å². The van der Waals surface area contributed by atoms with E-state index in [1.54, 1.807) is 31.2 Å². The molecule has 0 atom stereocenters. The average Bonchev–Trinajstić information content (AvgIpc) is 2.66. The molecule has 27 heavy (non-hydrogen) atoms. The Labute approximate surface area is 159 Å². The van der Waals surface area contributed by atoms with E-state index in [1.807, 2.05) is 14.1 Å². The first kappa shape index (κ1) is 20.3. The minimum absolute atomic E-state index is 0.211. The maximum atomic E-state index is 12.3.